The van der Waals surface area contributed by atoms with Gasteiger partial charge in [0, 0.05) is 12.4 Å². The fourth-order valence-electron chi connectivity index (χ4n) is 2.39. The van der Waals surface area contributed by atoms with Gasteiger partial charge in [-0.25, -0.2) is 4.39 Å². The monoisotopic (exact) mass is 233 g/mol. The Balaban J connectivity index is 2.86. The average Bonchev–Trinajstić information content (AvgIpc) is 2.57. The Morgan fingerprint density at radius 1 is 1.24 bits per heavy atom. The maximum Gasteiger partial charge on any atom is 0.147 e. The molecule has 2 aromatic heterocycles. The van der Waals surface area contributed by atoms with Gasteiger partial charge in [0.2, 0.25) is 0 Å². The van der Waals surface area contributed by atoms with Gasteiger partial charge in [0.1, 0.15) is 5.82 Å². The van der Waals surface area contributed by atoms with E-state index in [-0.39, 0.29) is 11.2 Å². The molecule has 0 aliphatic carbocycles. The smallest absolute Gasteiger partial charge is 0.147 e. The number of halogens is 1. The number of rotatable bonds is 1. The second-order valence-corrected chi connectivity index (χ2v) is 5.97. The third-order valence-electron chi connectivity index (χ3n) is 3.17. The lowest BCUT2D eigenvalue weighted by Gasteiger charge is -2.21. The van der Waals surface area contributed by atoms with Gasteiger partial charge < -0.3 is 4.40 Å². The van der Waals surface area contributed by atoms with Crippen LogP contribution >= 0.6 is 0 Å². The molecule has 0 aliphatic heterocycles. The molecule has 0 unspecified atom stereocenters. The van der Waals surface area contributed by atoms with Crippen LogP contribution in [-0.4, -0.2) is 4.40 Å². The molecule has 0 amide bonds. The maximum absolute atomic E-state index is 14.0. The van der Waals surface area contributed by atoms with E-state index in [1.165, 1.54) is 11.6 Å². The molecule has 0 saturated carbocycles. The SMILES string of the molecule is CC(C)c1c(C(C)(C)C)cn2cccc(F)c12. The minimum atomic E-state index is -0.133. The van der Waals surface area contributed by atoms with Crippen LogP contribution in [0.5, 0.6) is 0 Å². The van der Waals surface area contributed by atoms with Crippen molar-refractivity contribution in [1.82, 2.24) is 4.40 Å². The molecule has 2 aromatic rings. The molecular formula is C15H20FN. The standard InChI is InChI=1S/C15H20FN/c1-10(2)13-11(15(3,4)5)9-17-8-6-7-12(16)14(13)17/h6-10H,1-5H3. The molecule has 0 radical (unpaired) electrons. The van der Waals surface area contributed by atoms with Crippen LogP contribution in [-0.2, 0) is 5.41 Å². The lowest BCUT2D eigenvalue weighted by atomic mass is 9.83. The Kier molecular flexibility index (Phi) is 2.76. The lowest BCUT2D eigenvalue weighted by Crippen LogP contribution is -2.13. The predicted molar refractivity (Wildman–Crippen MR) is 70.1 cm³/mol. The van der Waals surface area contributed by atoms with E-state index in [1.54, 1.807) is 6.07 Å². The van der Waals surface area contributed by atoms with E-state index < -0.39 is 0 Å². The fourth-order valence-corrected chi connectivity index (χ4v) is 2.39. The highest BCUT2D eigenvalue weighted by Crippen LogP contribution is 2.35. The van der Waals surface area contributed by atoms with Gasteiger partial charge in [0.15, 0.2) is 0 Å². The normalized spacial score (nSPS) is 12.6. The van der Waals surface area contributed by atoms with Gasteiger partial charge in [-0.1, -0.05) is 34.6 Å². The van der Waals surface area contributed by atoms with Crippen molar-refractivity contribution < 1.29 is 4.39 Å². The molecule has 0 atom stereocenters. The fraction of sp³-hybridized carbons (Fsp3) is 0.467. The van der Waals surface area contributed by atoms with Gasteiger partial charge in [-0.15, -0.1) is 0 Å². The molecule has 0 saturated heterocycles. The number of nitrogens with zero attached hydrogens (tertiary/aromatic N) is 1. The van der Waals surface area contributed by atoms with Crippen molar-refractivity contribution in [2.75, 3.05) is 0 Å². The zero-order chi connectivity index (χ0) is 12.8. The van der Waals surface area contributed by atoms with E-state index in [1.807, 2.05) is 10.6 Å². The summed E-state index contributed by atoms with van der Waals surface area (Å²) in [6, 6.07) is 3.28. The topological polar surface area (TPSA) is 4.41 Å². The first-order chi connectivity index (χ1) is 7.82. The number of hydrogen-bond acceptors (Lipinski definition) is 0. The van der Waals surface area contributed by atoms with Crippen LogP contribution in [0.1, 0.15) is 51.7 Å². The second-order valence-electron chi connectivity index (χ2n) is 5.97. The summed E-state index contributed by atoms with van der Waals surface area (Å²) in [5.41, 5.74) is 3.14. The summed E-state index contributed by atoms with van der Waals surface area (Å²) in [6.45, 7) is 10.8. The van der Waals surface area contributed by atoms with Crippen LogP contribution in [0.2, 0.25) is 0 Å². The molecule has 0 N–H and O–H groups in total. The number of aromatic nitrogens is 1. The molecule has 0 fully saturated rings. The van der Waals surface area contributed by atoms with E-state index in [4.69, 9.17) is 0 Å². The van der Waals surface area contributed by atoms with Gasteiger partial charge >= 0.3 is 0 Å². The largest absolute Gasteiger partial charge is 0.321 e. The van der Waals surface area contributed by atoms with Crippen molar-refractivity contribution in [2.45, 2.75) is 46.0 Å². The molecule has 17 heavy (non-hydrogen) atoms. The van der Waals surface area contributed by atoms with Crippen molar-refractivity contribution in [1.29, 1.82) is 0 Å². The van der Waals surface area contributed by atoms with Crippen LogP contribution in [0.3, 0.4) is 0 Å². The van der Waals surface area contributed by atoms with Crippen LogP contribution in [0.15, 0.2) is 24.5 Å². The van der Waals surface area contributed by atoms with Gasteiger partial charge in [-0.05, 0) is 34.6 Å². The molecule has 0 aromatic carbocycles. The summed E-state index contributed by atoms with van der Waals surface area (Å²) in [6.07, 6.45) is 3.98. The lowest BCUT2D eigenvalue weighted by molar-refractivity contribution is 0.579. The average molecular weight is 233 g/mol. The number of fused-ring (bicyclic) bond motifs is 1. The zero-order valence-corrected chi connectivity index (χ0v) is 11.2. The first kappa shape index (κ1) is 12.2. The first-order valence-corrected chi connectivity index (χ1v) is 6.12. The van der Waals surface area contributed by atoms with E-state index in [0.717, 1.165) is 11.1 Å². The van der Waals surface area contributed by atoms with Crippen LogP contribution < -0.4 is 0 Å². The Labute approximate surface area is 102 Å². The Hall–Kier alpha value is -1.31. The molecule has 92 valence electrons. The highest BCUT2D eigenvalue weighted by atomic mass is 19.1. The molecule has 0 bridgehead atoms. The maximum atomic E-state index is 14.0. The minimum absolute atomic E-state index is 0.0397. The Morgan fingerprint density at radius 3 is 2.41 bits per heavy atom. The first-order valence-electron chi connectivity index (χ1n) is 6.12. The van der Waals surface area contributed by atoms with E-state index >= 15 is 0 Å². The number of pyridine rings is 1. The molecule has 0 aliphatic rings. The molecule has 1 nitrogen and oxygen atoms in total. The highest BCUT2D eigenvalue weighted by Gasteiger charge is 2.24. The molecular weight excluding hydrogens is 213 g/mol. The summed E-state index contributed by atoms with van der Waals surface area (Å²) in [5, 5.41) is 0. The molecule has 0 spiro atoms. The summed E-state index contributed by atoms with van der Waals surface area (Å²) in [4.78, 5) is 0. The van der Waals surface area contributed by atoms with Crippen LogP contribution in [0, 0.1) is 5.82 Å². The van der Waals surface area contributed by atoms with Crippen molar-refractivity contribution in [3.63, 3.8) is 0 Å². The van der Waals surface area contributed by atoms with E-state index in [9.17, 15) is 4.39 Å². The molecule has 2 rings (SSSR count). The Morgan fingerprint density at radius 2 is 1.88 bits per heavy atom. The molecule has 2 heterocycles. The van der Waals surface area contributed by atoms with Crippen molar-refractivity contribution >= 4 is 5.52 Å². The van der Waals surface area contributed by atoms with Gasteiger partial charge in [0.05, 0.1) is 5.52 Å². The highest BCUT2D eigenvalue weighted by molar-refractivity contribution is 5.63. The van der Waals surface area contributed by atoms with E-state index in [2.05, 4.69) is 40.8 Å². The third-order valence-corrected chi connectivity index (χ3v) is 3.17. The van der Waals surface area contributed by atoms with Gasteiger partial charge in [0.25, 0.3) is 0 Å². The Bertz CT molecular complexity index is 544. The summed E-state index contributed by atoms with van der Waals surface area (Å²) in [5.74, 6) is 0.192. The van der Waals surface area contributed by atoms with Crippen molar-refractivity contribution in [2.24, 2.45) is 0 Å². The summed E-state index contributed by atoms with van der Waals surface area (Å²) >= 11 is 0. The summed E-state index contributed by atoms with van der Waals surface area (Å²) < 4.78 is 15.9. The van der Waals surface area contributed by atoms with Crippen molar-refractivity contribution in [3.8, 4) is 0 Å². The summed E-state index contributed by atoms with van der Waals surface area (Å²) in [7, 11) is 0. The van der Waals surface area contributed by atoms with Crippen LogP contribution in [0.4, 0.5) is 4.39 Å². The second kappa shape index (κ2) is 3.86. The van der Waals surface area contributed by atoms with Crippen molar-refractivity contribution in [3.05, 3.63) is 41.5 Å². The zero-order valence-electron chi connectivity index (χ0n) is 11.2. The quantitative estimate of drug-likeness (QED) is 0.683. The molecule has 2 heteroatoms. The minimum Gasteiger partial charge on any atom is -0.321 e. The number of hydrogen-bond donors (Lipinski definition) is 0. The van der Waals surface area contributed by atoms with Gasteiger partial charge in [-0.2, -0.15) is 0 Å². The van der Waals surface area contributed by atoms with Gasteiger partial charge in [-0.3, -0.25) is 0 Å². The van der Waals surface area contributed by atoms with Crippen LogP contribution in [0.25, 0.3) is 5.52 Å². The van der Waals surface area contributed by atoms with E-state index in [0.29, 0.717) is 5.92 Å². The third kappa shape index (κ3) is 1.97. The predicted octanol–water partition coefficient (Wildman–Crippen LogP) is 4.50.